The number of aromatic amines is 1. The van der Waals surface area contributed by atoms with Crippen LogP contribution < -0.4 is 0 Å². The van der Waals surface area contributed by atoms with Crippen LogP contribution in [0.3, 0.4) is 0 Å². The molecule has 1 fully saturated rings. The molecule has 1 aromatic carbocycles. The summed E-state index contributed by atoms with van der Waals surface area (Å²) in [6.45, 7) is 0. The lowest BCUT2D eigenvalue weighted by molar-refractivity contribution is 0.0972. The quantitative estimate of drug-likeness (QED) is 0.755. The molecule has 2 nitrogen and oxygen atoms in total. The van der Waals surface area contributed by atoms with Gasteiger partial charge in [0.05, 0.1) is 0 Å². The van der Waals surface area contributed by atoms with Gasteiger partial charge in [-0.25, -0.2) is 0 Å². The van der Waals surface area contributed by atoms with Gasteiger partial charge in [0.1, 0.15) is 0 Å². The van der Waals surface area contributed by atoms with E-state index in [1.165, 1.54) is 32.1 Å². The molecule has 1 N–H and O–H groups in total. The lowest BCUT2D eigenvalue weighted by Gasteiger charge is -2.20. The van der Waals surface area contributed by atoms with Crippen molar-refractivity contribution in [1.82, 2.24) is 4.98 Å². The Morgan fingerprint density at radius 3 is 2.85 bits per heavy atom. The normalized spacial score (nSPS) is 16.6. The topological polar surface area (TPSA) is 32.9 Å². The van der Waals surface area contributed by atoms with E-state index < -0.39 is 0 Å². The van der Waals surface area contributed by atoms with E-state index >= 15 is 0 Å². The third kappa shape index (κ3) is 2.90. The maximum Gasteiger partial charge on any atom is 0.165 e. The zero-order valence-electron chi connectivity index (χ0n) is 11.6. The van der Waals surface area contributed by atoms with Crippen LogP contribution >= 0.6 is 11.6 Å². The third-order valence-corrected chi connectivity index (χ3v) is 4.68. The highest BCUT2D eigenvalue weighted by molar-refractivity contribution is 6.31. The van der Waals surface area contributed by atoms with Crippen LogP contribution in [-0.4, -0.2) is 10.8 Å². The number of carbonyl (C=O) groups excluding carboxylic acids is 1. The Morgan fingerprint density at radius 2 is 2.05 bits per heavy atom. The Bertz CT molecular complexity index is 610. The molecule has 3 heteroatoms. The van der Waals surface area contributed by atoms with Crippen molar-refractivity contribution >= 4 is 28.3 Å². The molecule has 20 heavy (non-hydrogen) atoms. The van der Waals surface area contributed by atoms with Gasteiger partial charge in [-0.3, -0.25) is 4.79 Å². The van der Waals surface area contributed by atoms with E-state index in [4.69, 9.17) is 11.6 Å². The van der Waals surface area contributed by atoms with Gasteiger partial charge in [-0.2, -0.15) is 0 Å². The Balaban J connectivity index is 1.70. The van der Waals surface area contributed by atoms with E-state index in [0.717, 1.165) is 28.8 Å². The fourth-order valence-electron chi connectivity index (χ4n) is 3.27. The second-order valence-electron chi connectivity index (χ2n) is 5.86. The van der Waals surface area contributed by atoms with Crippen molar-refractivity contribution < 1.29 is 4.79 Å². The number of hydrogen-bond donors (Lipinski definition) is 1. The van der Waals surface area contributed by atoms with Crippen molar-refractivity contribution in [3.63, 3.8) is 0 Å². The van der Waals surface area contributed by atoms with Gasteiger partial charge in [-0.05, 0) is 30.5 Å². The summed E-state index contributed by atoms with van der Waals surface area (Å²) in [7, 11) is 0. The zero-order valence-corrected chi connectivity index (χ0v) is 12.4. The molecule has 1 saturated carbocycles. The lowest BCUT2D eigenvalue weighted by Crippen LogP contribution is -2.09. The number of Topliss-reactive ketones (excluding diaryl/α,β-unsaturated/α-hetero) is 1. The fraction of sp³-hybridized carbons (Fsp3) is 0.471. The Kier molecular flexibility index (Phi) is 4.11. The van der Waals surface area contributed by atoms with Crippen LogP contribution in [-0.2, 0) is 0 Å². The number of rotatable bonds is 4. The molecule has 0 atom stereocenters. The standard InChI is InChI=1S/C17H20ClNO/c18-13-7-8-16-14(10-13)15(11-19-16)17(20)9-6-12-4-2-1-3-5-12/h7-8,10-12,19H,1-6,9H2. The molecule has 0 bridgehead atoms. The number of aromatic nitrogens is 1. The Morgan fingerprint density at radius 1 is 1.25 bits per heavy atom. The maximum atomic E-state index is 12.4. The molecule has 1 aliphatic rings. The van der Waals surface area contributed by atoms with Crippen molar-refractivity contribution in [2.45, 2.75) is 44.9 Å². The van der Waals surface area contributed by atoms with Crippen LogP contribution in [0.15, 0.2) is 24.4 Å². The first-order chi connectivity index (χ1) is 9.74. The van der Waals surface area contributed by atoms with Gasteiger partial charge < -0.3 is 4.98 Å². The van der Waals surface area contributed by atoms with Crippen molar-refractivity contribution in [2.75, 3.05) is 0 Å². The van der Waals surface area contributed by atoms with Crippen molar-refractivity contribution in [3.8, 4) is 0 Å². The summed E-state index contributed by atoms with van der Waals surface area (Å²) in [5, 5.41) is 1.63. The molecule has 0 radical (unpaired) electrons. The lowest BCUT2D eigenvalue weighted by atomic mass is 9.85. The zero-order chi connectivity index (χ0) is 13.9. The van der Waals surface area contributed by atoms with Crippen molar-refractivity contribution in [3.05, 3.63) is 35.0 Å². The van der Waals surface area contributed by atoms with Gasteiger partial charge in [0.25, 0.3) is 0 Å². The van der Waals surface area contributed by atoms with Crippen LogP contribution in [0.2, 0.25) is 5.02 Å². The predicted molar refractivity (Wildman–Crippen MR) is 83.4 cm³/mol. The molecule has 1 aromatic heterocycles. The van der Waals surface area contributed by atoms with Crippen LogP contribution in [0.5, 0.6) is 0 Å². The second kappa shape index (κ2) is 6.01. The number of carbonyl (C=O) groups is 1. The van der Waals surface area contributed by atoms with Gasteiger partial charge in [0.2, 0.25) is 0 Å². The molecule has 0 amide bonds. The largest absolute Gasteiger partial charge is 0.360 e. The highest BCUT2D eigenvalue weighted by atomic mass is 35.5. The van der Waals surface area contributed by atoms with Crippen LogP contribution in [0, 0.1) is 5.92 Å². The van der Waals surface area contributed by atoms with Crippen molar-refractivity contribution in [1.29, 1.82) is 0 Å². The Labute approximate surface area is 124 Å². The van der Waals surface area contributed by atoms with E-state index in [-0.39, 0.29) is 5.78 Å². The van der Waals surface area contributed by atoms with Crippen molar-refractivity contribution in [2.24, 2.45) is 5.92 Å². The van der Waals surface area contributed by atoms with E-state index in [1.807, 2.05) is 24.4 Å². The van der Waals surface area contributed by atoms with Gasteiger partial charge >= 0.3 is 0 Å². The first-order valence-electron chi connectivity index (χ1n) is 7.54. The SMILES string of the molecule is O=C(CCC1CCCCC1)c1c[nH]c2ccc(Cl)cc12. The van der Waals surface area contributed by atoms with E-state index in [9.17, 15) is 4.79 Å². The average Bonchev–Trinajstić information content (AvgIpc) is 2.89. The summed E-state index contributed by atoms with van der Waals surface area (Å²) in [6, 6.07) is 5.65. The third-order valence-electron chi connectivity index (χ3n) is 4.45. The van der Waals surface area contributed by atoms with E-state index in [2.05, 4.69) is 4.98 Å². The molecular formula is C17H20ClNO. The molecule has 3 rings (SSSR count). The molecule has 106 valence electrons. The number of fused-ring (bicyclic) bond motifs is 1. The van der Waals surface area contributed by atoms with E-state index in [0.29, 0.717) is 11.4 Å². The number of ketones is 1. The molecule has 0 saturated heterocycles. The smallest absolute Gasteiger partial charge is 0.165 e. The first-order valence-corrected chi connectivity index (χ1v) is 7.91. The fourth-order valence-corrected chi connectivity index (χ4v) is 3.44. The van der Waals surface area contributed by atoms with Gasteiger partial charge in [-0.15, -0.1) is 0 Å². The average molecular weight is 290 g/mol. The molecule has 1 aliphatic carbocycles. The second-order valence-corrected chi connectivity index (χ2v) is 6.29. The molecule has 0 aliphatic heterocycles. The summed E-state index contributed by atoms with van der Waals surface area (Å²) in [5.74, 6) is 0.991. The number of H-pyrrole nitrogens is 1. The van der Waals surface area contributed by atoms with E-state index in [1.54, 1.807) is 0 Å². The highest BCUT2D eigenvalue weighted by Gasteiger charge is 2.17. The minimum absolute atomic E-state index is 0.240. The van der Waals surface area contributed by atoms with Gasteiger partial charge in [0, 0.05) is 34.1 Å². The number of hydrogen-bond acceptors (Lipinski definition) is 1. The van der Waals surface area contributed by atoms with Crippen LogP contribution in [0.25, 0.3) is 10.9 Å². The summed E-state index contributed by atoms with van der Waals surface area (Å²) in [6.07, 6.45) is 10.1. The summed E-state index contributed by atoms with van der Waals surface area (Å²) < 4.78 is 0. The molecule has 0 unspecified atom stereocenters. The van der Waals surface area contributed by atoms with Gasteiger partial charge in [-0.1, -0.05) is 43.7 Å². The first kappa shape index (κ1) is 13.7. The summed E-state index contributed by atoms with van der Waals surface area (Å²) >= 11 is 6.03. The molecule has 1 heterocycles. The monoisotopic (exact) mass is 289 g/mol. The molecule has 0 spiro atoms. The van der Waals surface area contributed by atoms with Crippen LogP contribution in [0.1, 0.15) is 55.3 Å². The number of halogens is 1. The predicted octanol–water partition coefficient (Wildman–Crippen LogP) is 5.36. The minimum atomic E-state index is 0.240. The van der Waals surface area contributed by atoms with Crippen LogP contribution in [0.4, 0.5) is 0 Å². The summed E-state index contributed by atoms with van der Waals surface area (Å²) in [5.41, 5.74) is 1.77. The minimum Gasteiger partial charge on any atom is -0.360 e. The number of nitrogens with one attached hydrogen (secondary N) is 1. The summed E-state index contributed by atoms with van der Waals surface area (Å²) in [4.78, 5) is 15.6. The maximum absolute atomic E-state index is 12.4. The highest BCUT2D eigenvalue weighted by Crippen LogP contribution is 2.29. The van der Waals surface area contributed by atoms with Gasteiger partial charge in [0.15, 0.2) is 5.78 Å². The molecular weight excluding hydrogens is 270 g/mol. The molecule has 2 aromatic rings. The Hall–Kier alpha value is -1.28. The number of benzene rings is 1.